The highest BCUT2D eigenvalue weighted by Crippen LogP contribution is 2.25. The molecular weight excluding hydrogens is 380 g/mol. The Kier molecular flexibility index (Phi) is 6.95. The number of amides is 1. The van der Waals surface area contributed by atoms with Crippen molar-refractivity contribution in [3.63, 3.8) is 0 Å². The highest BCUT2D eigenvalue weighted by atomic mass is 16.4. The van der Waals surface area contributed by atoms with Crippen LogP contribution in [0, 0.1) is 0 Å². The molecular formula is C24H24N2O4. The van der Waals surface area contributed by atoms with E-state index in [2.05, 4.69) is 5.32 Å². The van der Waals surface area contributed by atoms with Crippen molar-refractivity contribution in [2.45, 2.75) is 18.9 Å². The molecule has 0 bridgehead atoms. The van der Waals surface area contributed by atoms with Gasteiger partial charge in [0, 0.05) is 23.9 Å². The fraction of sp³-hybridized carbons (Fsp3) is 0.167. The van der Waals surface area contributed by atoms with Crippen molar-refractivity contribution in [3.05, 3.63) is 89.5 Å². The van der Waals surface area contributed by atoms with Gasteiger partial charge in [-0.15, -0.1) is 0 Å². The number of hydrogen-bond acceptors (Lipinski definition) is 4. The van der Waals surface area contributed by atoms with Gasteiger partial charge in [-0.25, -0.2) is 0 Å². The molecule has 6 heteroatoms. The molecule has 3 aromatic carbocycles. The van der Waals surface area contributed by atoms with Crippen molar-refractivity contribution in [1.29, 1.82) is 0 Å². The predicted octanol–water partition coefficient (Wildman–Crippen LogP) is 3.62. The summed E-state index contributed by atoms with van der Waals surface area (Å²) in [4.78, 5) is 23.8. The molecule has 0 aromatic heterocycles. The quantitative estimate of drug-likeness (QED) is 0.458. The van der Waals surface area contributed by atoms with E-state index in [4.69, 9.17) is 15.9 Å². The van der Waals surface area contributed by atoms with Crippen molar-refractivity contribution in [2.75, 3.05) is 11.9 Å². The van der Waals surface area contributed by atoms with Gasteiger partial charge in [-0.1, -0.05) is 48.5 Å². The molecule has 154 valence electrons. The summed E-state index contributed by atoms with van der Waals surface area (Å²) >= 11 is 0. The van der Waals surface area contributed by atoms with Crippen LogP contribution in [0.3, 0.4) is 0 Å². The molecule has 0 aliphatic heterocycles. The summed E-state index contributed by atoms with van der Waals surface area (Å²) in [5.74, 6) is -1.28. The molecule has 0 saturated carbocycles. The number of rotatable bonds is 8. The standard InChI is InChI=1S/C24H24N2O4/c25-21(11-12-27)18-8-3-6-16(13-18)17-7-4-9-20(14-17)24(30)26-22-10-2-1-5-19(22)15-23(28)29/h1-10,13-14,21,27H,11-12,15,25H2,(H,26,30)(H,28,29). The van der Waals surface area contributed by atoms with Crippen molar-refractivity contribution < 1.29 is 19.8 Å². The second-order valence-corrected chi connectivity index (χ2v) is 7.01. The lowest BCUT2D eigenvalue weighted by atomic mass is 9.97. The van der Waals surface area contributed by atoms with E-state index in [0.29, 0.717) is 23.2 Å². The largest absolute Gasteiger partial charge is 0.481 e. The van der Waals surface area contributed by atoms with E-state index in [1.165, 1.54) is 0 Å². The minimum absolute atomic E-state index is 0.0183. The van der Waals surface area contributed by atoms with Gasteiger partial charge in [0.1, 0.15) is 0 Å². The average molecular weight is 404 g/mol. The van der Waals surface area contributed by atoms with Crippen LogP contribution in [0.2, 0.25) is 0 Å². The topological polar surface area (TPSA) is 113 Å². The van der Waals surface area contributed by atoms with Crippen LogP contribution >= 0.6 is 0 Å². The molecule has 30 heavy (non-hydrogen) atoms. The van der Waals surface area contributed by atoms with Crippen molar-refractivity contribution >= 4 is 17.6 Å². The van der Waals surface area contributed by atoms with Crippen LogP contribution in [0.1, 0.15) is 33.9 Å². The fourth-order valence-corrected chi connectivity index (χ4v) is 3.25. The number of carbonyl (C=O) groups is 2. The number of aliphatic carboxylic acids is 1. The van der Waals surface area contributed by atoms with E-state index < -0.39 is 5.97 Å². The summed E-state index contributed by atoms with van der Waals surface area (Å²) in [5, 5.41) is 21.0. The van der Waals surface area contributed by atoms with Gasteiger partial charge in [0.05, 0.1) is 6.42 Å². The third-order valence-electron chi connectivity index (χ3n) is 4.82. The number of aliphatic hydroxyl groups excluding tert-OH is 1. The zero-order valence-corrected chi connectivity index (χ0v) is 16.4. The highest BCUT2D eigenvalue weighted by molar-refractivity contribution is 6.05. The zero-order chi connectivity index (χ0) is 21.5. The Bertz CT molecular complexity index is 1050. The van der Waals surface area contributed by atoms with Gasteiger partial charge < -0.3 is 21.3 Å². The van der Waals surface area contributed by atoms with E-state index in [9.17, 15) is 9.59 Å². The molecule has 1 atom stereocenters. The zero-order valence-electron chi connectivity index (χ0n) is 16.4. The van der Waals surface area contributed by atoms with Crippen LogP contribution in [-0.4, -0.2) is 28.7 Å². The van der Waals surface area contributed by atoms with Gasteiger partial charge in [0.15, 0.2) is 0 Å². The maximum atomic E-state index is 12.8. The summed E-state index contributed by atoms with van der Waals surface area (Å²) in [6.07, 6.45) is 0.305. The Hall–Kier alpha value is -3.48. The summed E-state index contributed by atoms with van der Waals surface area (Å²) in [5.41, 5.74) is 10.3. The van der Waals surface area contributed by atoms with Gasteiger partial charge in [-0.05, 0) is 52.9 Å². The maximum absolute atomic E-state index is 12.8. The number of carboxylic acid groups (broad SMARTS) is 1. The van der Waals surface area contributed by atoms with Crippen LogP contribution < -0.4 is 11.1 Å². The first-order valence-corrected chi connectivity index (χ1v) is 9.66. The minimum Gasteiger partial charge on any atom is -0.481 e. The van der Waals surface area contributed by atoms with Gasteiger partial charge in [-0.2, -0.15) is 0 Å². The van der Waals surface area contributed by atoms with Crippen LogP contribution in [0.25, 0.3) is 11.1 Å². The number of aliphatic hydroxyl groups is 1. The van der Waals surface area contributed by atoms with Crippen molar-refractivity contribution in [2.24, 2.45) is 5.73 Å². The van der Waals surface area contributed by atoms with Crippen LogP contribution in [-0.2, 0) is 11.2 Å². The molecule has 0 aliphatic rings. The number of hydrogen-bond donors (Lipinski definition) is 4. The molecule has 5 N–H and O–H groups in total. The highest BCUT2D eigenvalue weighted by Gasteiger charge is 2.12. The summed E-state index contributed by atoms with van der Waals surface area (Å²) in [7, 11) is 0. The summed E-state index contributed by atoms with van der Waals surface area (Å²) in [6.45, 7) is 0.0183. The monoisotopic (exact) mass is 404 g/mol. The third kappa shape index (κ3) is 5.31. The van der Waals surface area contributed by atoms with E-state index >= 15 is 0 Å². The molecule has 3 aromatic rings. The molecule has 0 aliphatic carbocycles. The number of nitrogens with one attached hydrogen (secondary N) is 1. The normalized spacial score (nSPS) is 11.7. The number of carbonyl (C=O) groups excluding carboxylic acids is 1. The Morgan fingerprint density at radius 1 is 0.933 bits per heavy atom. The smallest absolute Gasteiger partial charge is 0.307 e. The van der Waals surface area contributed by atoms with E-state index in [-0.39, 0.29) is 25.0 Å². The summed E-state index contributed by atoms with van der Waals surface area (Å²) < 4.78 is 0. The predicted molar refractivity (Wildman–Crippen MR) is 116 cm³/mol. The third-order valence-corrected chi connectivity index (χ3v) is 4.82. The Balaban J connectivity index is 1.83. The van der Waals surface area contributed by atoms with Crippen LogP contribution in [0.15, 0.2) is 72.8 Å². The van der Waals surface area contributed by atoms with E-state index in [1.807, 2.05) is 30.3 Å². The number of carboxylic acids is 1. The van der Waals surface area contributed by atoms with Gasteiger partial charge in [0.2, 0.25) is 0 Å². The Labute approximate surface area is 175 Å². The van der Waals surface area contributed by atoms with Gasteiger partial charge in [0.25, 0.3) is 5.91 Å². The van der Waals surface area contributed by atoms with Crippen molar-refractivity contribution in [3.8, 4) is 11.1 Å². The number of para-hydroxylation sites is 1. The molecule has 0 radical (unpaired) electrons. The SMILES string of the molecule is NC(CCO)c1cccc(-c2cccc(C(=O)Nc3ccccc3CC(=O)O)c2)c1. The van der Waals surface area contributed by atoms with Crippen LogP contribution in [0.4, 0.5) is 5.69 Å². The van der Waals surface area contributed by atoms with Gasteiger partial charge in [-0.3, -0.25) is 9.59 Å². The molecule has 0 spiro atoms. The molecule has 0 fully saturated rings. The molecule has 1 unspecified atom stereocenters. The fourth-order valence-electron chi connectivity index (χ4n) is 3.25. The second-order valence-electron chi connectivity index (χ2n) is 7.01. The molecule has 6 nitrogen and oxygen atoms in total. The summed E-state index contributed by atoms with van der Waals surface area (Å²) in [6, 6.07) is 21.5. The van der Waals surface area contributed by atoms with E-state index in [0.717, 1.165) is 16.7 Å². The number of anilines is 1. The first kappa shape index (κ1) is 21.2. The first-order chi connectivity index (χ1) is 14.5. The molecule has 3 rings (SSSR count). The minimum atomic E-state index is -0.960. The molecule has 0 heterocycles. The Morgan fingerprint density at radius 2 is 1.63 bits per heavy atom. The lowest BCUT2D eigenvalue weighted by molar-refractivity contribution is -0.136. The molecule has 1 amide bonds. The Morgan fingerprint density at radius 3 is 2.37 bits per heavy atom. The maximum Gasteiger partial charge on any atom is 0.307 e. The number of nitrogens with two attached hydrogens (primary N) is 1. The molecule has 0 saturated heterocycles. The van der Waals surface area contributed by atoms with Gasteiger partial charge >= 0.3 is 5.97 Å². The lowest BCUT2D eigenvalue weighted by Gasteiger charge is -2.13. The average Bonchev–Trinajstić information content (AvgIpc) is 2.75. The second kappa shape index (κ2) is 9.82. The lowest BCUT2D eigenvalue weighted by Crippen LogP contribution is -2.14. The van der Waals surface area contributed by atoms with Crippen molar-refractivity contribution in [1.82, 2.24) is 0 Å². The first-order valence-electron chi connectivity index (χ1n) is 9.66. The number of benzene rings is 3. The van der Waals surface area contributed by atoms with Crippen LogP contribution in [0.5, 0.6) is 0 Å². The van der Waals surface area contributed by atoms with E-state index in [1.54, 1.807) is 42.5 Å².